The number of unbranched alkanes of at least 4 members (excludes halogenated alkanes) is 11. The van der Waals surface area contributed by atoms with E-state index in [0.717, 1.165) is 32.1 Å². The van der Waals surface area contributed by atoms with Crippen LogP contribution in [0.5, 0.6) is 0 Å². The molecule has 0 aromatic heterocycles. The fraction of sp³-hybridized carbons (Fsp3) is 0.885. The van der Waals surface area contributed by atoms with Crippen LogP contribution in [0.25, 0.3) is 0 Å². The lowest BCUT2D eigenvalue weighted by molar-refractivity contribution is -0.148. The first kappa shape index (κ1) is 34.2. The fourth-order valence-electron chi connectivity index (χ4n) is 3.62. The third-order valence-corrected chi connectivity index (χ3v) is 7.74. The molecule has 0 heterocycles. The molecule has 0 amide bonds. The average Bonchev–Trinajstić information content (AvgIpc) is 2.80. The predicted octanol–water partition coefficient (Wildman–Crippen LogP) is 8.18. The van der Waals surface area contributed by atoms with E-state index in [2.05, 4.69) is 28.1 Å². The zero-order chi connectivity index (χ0) is 26.4. The van der Waals surface area contributed by atoms with Crippen molar-refractivity contribution in [3.8, 4) is 0 Å². The molecule has 0 bridgehead atoms. The first-order valence-electron chi connectivity index (χ1n) is 13.5. The molecule has 0 aromatic carbocycles. The average molecular weight is 527 g/mol. The van der Waals surface area contributed by atoms with Crippen LogP contribution in [0.4, 0.5) is 8.78 Å². The van der Waals surface area contributed by atoms with E-state index in [0.29, 0.717) is 6.42 Å². The molecule has 0 spiro atoms. The minimum absolute atomic E-state index is 0.178. The Balaban J connectivity index is 3.82. The fourth-order valence-corrected chi connectivity index (χ4v) is 5.19. The van der Waals surface area contributed by atoms with Crippen LogP contribution in [0.15, 0.2) is 12.2 Å². The molecule has 0 aliphatic heterocycles. The Kier molecular flexibility index (Phi) is 20.8. The molecule has 35 heavy (non-hydrogen) atoms. The summed E-state index contributed by atoms with van der Waals surface area (Å²) in [6, 6.07) is 0. The van der Waals surface area contributed by atoms with Gasteiger partial charge in [-0.15, -0.1) is 0 Å². The summed E-state index contributed by atoms with van der Waals surface area (Å²) in [7, 11) is -4.71. The number of aliphatic hydroxyl groups excluding tert-OH is 1. The number of aliphatic hydroxyl groups is 1. The van der Waals surface area contributed by atoms with Gasteiger partial charge in [0.1, 0.15) is 6.61 Å². The van der Waals surface area contributed by atoms with Crippen molar-refractivity contribution in [2.24, 2.45) is 0 Å². The van der Waals surface area contributed by atoms with E-state index in [4.69, 9.17) is 4.74 Å². The van der Waals surface area contributed by atoms with Crippen LogP contribution in [0.3, 0.4) is 0 Å². The van der Waals surface area contributed by atoms with Gasteiger partial charge in [-0.1, -0.05) is 70.4 Å². The van der Waals surface area contributed by atoms with E-state index < -0.39 is 38.4 Å². The van der Waals surface area contributed by atoms with Crippen molar-refractivity contribution in [1.29, 1.82) is 0 Å². The van der Waals surface area contributed by atoms with Gasteiger partial charge in [-0.3, -0.25) is 9.36 Å². The van der Waals surface area contributed by atoms with Crippen molar-refractivity contribution < 1.29 is 37.0 Å². The van der Waals surface area contributed by atoms with E-state index in [9.17, 15) is 23.2 Å². The first-order chi connectivity index (χ1) is 16.7. The van der Waals surface area contributed by atoms with E-state index in [1.54, 1.807) is 0 Å². The number of alkyl halides is 2. The van der Waals surface area contributed by atoms with Gasteiger partial charge >= 0.3 is 19.2 Å². The van der Waals surface area contributed by atoms with E-state index in [1.165, 1.54) is 58.8 Å². The van der Waals surface area contributed by atoms with E-state index in [1.807, 2.05) is 0 Å². The monoisotopic (exact) mass is 526 g/mol. The number of ether oxygens (including phenoxy) is 1. The van der Waals surface area contributed by atoms with Crippen molar-refractivity contribution in [3.05, 3.63) is 12.2 Å². The largest absolute Gasteiger partial charge is 0.463 e. The Hall–Kier alpha value is -0.820. The normalized spacial score (nSPS) is 13.4. The molecular weight excluding hydrogens is 477 g/mol. The summed E-state index contributed by atoms with van der Waals surface area (Å²) in [4.78, 5) is 11.8. The van der Waals surface area contributed by atoms with Crippen molar-refractivity contribution in [1.82, 2.24) is 0 Å². The number of hydrogen-bond donors (Lipinski definition) is 1. The smallest absolute Gasteiger partial charge is 0.399 e. The number of rotatable bonds is 24. The summed E-state index contributed by atoms with van der Waals surface area (Å²) in [6.45, 7) is 4.07. The van der Waals surface area contributed by atoms with Crippen molar-refractivity contribution in [3.63, 3.8) is 0 Å². The molecule has 208 valence electrons. The highest BCUT2D eigenvalue weighted by atomic mass is 31.2. The van der Waals surface area contributed by atoms with Crippen LogP contribution in [-0.2, 0) is 23.1 Å². The number of hydrogen-bond acceptors (Lipinski definition) is 6. The van der Waals surface area contributed by atoms with Gasteiger partial charge in [0.2, 0.25) is 0 Å². The van der Waals surface area contributed by atoms with Crippen molar-refractivity contribution in [2.45, 2.75) is 129 Å². The zero-order valence-electron chi connectivity index (χ0n) is 22.2. The second-order valence-corrected chi connectivity index (χ2v) is 11.0. The minimum Gasteiger partial charge on any atom is -0.463 e. The predicted molar refractivity (Wildman–Crippen MR) is 137 cm³/mol. The van der Waals surface area contributed by atoms with E-state index in [-0.39, 0.29) is 19.6 Å². The van der Waals surface area contributed by atoms with Crippen LogP contribution in [-0.4, -0.2) is 42.7 Å². The van der Waals surface area contributed by atoms with Crippen LogP contribution in [0.2, 0.25) is 0 Å². The Morgan fingerprint density at radius 1 is 0.857 bits per heavy atom. The molecule has 1 N–H and O–H groups in total. The summed E-state index contributed by atoms with van der Waals surface area (Å²) < 4.78 is 55.1. The number of halogens is 2. The van der Waals surface area contributed by atoms with Gasteiger partial charge in [0.25, 0.3) is 0 Å². The van der Waals surface area contributed by atoms with E-state index >= 15 is 0 Å². The van der Waals surface area contributed by atoms with Crippen LogP contribution in [0.1, 0.15) is 117 Å². The maximum atomic E-state index is 14.3. The molecule has 9 heteroatoms. The molecule has 0 saturated carbocycles. The van der Waals surface area contributed by atoms with Crippen LogP contribution < -0.4 is 0 Å². The minimum atomic E-state index is -4.71. The first-order valence-corrected chi connectivity index (χ1v) is 15.0. The lowest BCUT2D eigenvalue weighted by Gasteiger charge is -2.27. The number of allylic oxidation sites excluding steroid dienone is 2. The quantitative estimate of drug-likeness (QED) is 0.0591. The topological polar surface area (TPSA) is 82.1 Å². The highest BCUT2D eigenvalue weighted by Crippen LogP contribution is 2.63. The summed E-state index contributed by atoms with van der Waals surface area (Å²) in [5.41, 5.74) is -3.88. The second-order valence-electron chi connectivity index (χ2n) is 8.87. The molecular formula is C26H49F2O6P. The van der Waals surface area contributed by atoms with Gasteiger partial charge in [-0.2, -0.15) is 8.78 Å². The molecule has 0 unspecified atom stereocenters. The maximum absolute atomic E-state index is 14.3. The molecule has 0 fully saturated rings. The third kappa shape index (κ3) is 17.3. The Labute approximate surface area is 211 Å². The molecule has 1 atom stereocenters. The van der Waals surface area contributed by atoms with Gasteiger partial charge in [0.15, 0.2) is 0 Å². The number of esters is 1. The summed E-state index contributed by atoms with van der Waals surface area (Å²) >= 11 is 0. The third-order valence-electron chi connectivity index (χ3n) is 5.56. The second kappa shape index (κ2) is 21.3. The molecule has 6 nitrogen and oxygen atoms in total. The summed E-state index contributed by atoms with van der Waals surface area (Å²) in [5.74, 6) is -0.539. The lowest BCUT2D eigenvalue weighted by Crippen LogP contribution is -2.30. The zero-order valence-corrected chi connectivity index (χ0v) is 23.0. The highest BCUT2D eigenvalue weighted by molar-refractivity contribution is 7.55. The van der Waals surface area contributed by atoms with Gasteiger partial charge in [0.05, 0.1) is 25.7 Å². The van der Waals surface area contributed by atoms with Gasteiger partial charge in [-0.25, -0.2) is 0 Å². The molecule has 0 aliphatic rings. The standard InChI is InChI=1S/C26H49F2O6P/c1-4-7-8-9-10-11-12-13-14-15-16-17-18-19-20-21-25(30)32-23-24(29)22-26(27,28)35(31,33-5-2)34-6-3/h13-14,24,29H,4-12,15-23H2,1-3H3/b14-13-/t24-/m1/s1. The molecule has 0 radical (unpaired) electrons. The number of carbonyl (C=O) groups is 1. The van der Waals surface area contributed by atoms with Gasteiger partial charge in [0, 0.05) is 6.42 Å². The Morgan fingerprint density at radius 2 is 1.34 bits per heavy atom. The maximum Gasteiger partial charge on any atom is 0.399 e. The van der Waals surface area contributed by atoms with Crippen molar-refractivity contribution in [2.75, 3.05) is 19.8 Å². The molecule has 0 rings (SSSR count). The lowest BCUT2D eigenvalue weighted by atomic mass is 10.1. The van der Waals surface area contributed by atoms with Crippen LogP contribution >= 0.6 is 7.60 Å². The molecule has 0 saturated heterocycles. The summed E-state index contributed by atoms with van der Waals surface area (Å²) in [6.07, 6.45) is 16.9. The van der Waals surface area contributed by atoms with Gasteiger partial charge < -0.3 is 18.9 Å². The van der Waals surface area contributed by atoms with Crippen molar-refractivity contribution >= 4 is 13.6 Å². The highest BCUT2D eigenvalue weighted by Gasteiger charge is 2.54. The molecule has 0 aromatic rings. The number of carbonyl (C=O) groups excluding carboxylic acids is 1. The van der Waals surface area contributed by atoms with Gasteiger partial charge in [-0.05, 0) is 46.0 Å². The Morgan fingerprint density at radius 3 is 1.86 bits per heavy atom. The summed E-state index contributed by atoms with van der Waals surface area (Å²) in [5, 5.41) is 9.84. The van der Waals surface area contributed by atoms with Crippen LogP contribution in [0, 0.1) is 0 Å². The Bertz CT molecular complexity index is 590. The SMILES string of the molecule is CCCCCCCC/C=C\CCCCCCCC(=O)OC[C@H](O)CC(F)(F)P(=O)(OCC)OCC. The molecule has 0 aliphatic carbocycles.